The summed E-state index contributed by atoms with van der Waals surface area (Å²) >= 11 is 0. The minimum Gasteiger partial charge on any atom is -0.327 e. The molecule has 3 rings (SSSR count). The molecule has 0 saturated heterocycles. The van der Waals surface area contributed by atoms with Crippen LogP contribution in [0.5, 0.6) is 0 Å². The lowest BCUT2D eigenvalue weighted by molar-refractivity contribution is 0.573. The Morgan fingerprint density at radius 2 is 1.80 bits per heavy atom. The van der Waals surface area contributed by atoms with E-state index in [9.17, 15) is 9.59 Å². The fourth-order valence-corrected chi connectivity index (χ4v) is 2.29. The predicted octanol–water partition coefficient (Wildman–Crippen LogP) is 0.510. The van der Waals surface area contributed by atoms with Gasteiger partial charge in [0.25, 0.3) is 5.56 Å². The van der Waals surface area contributed by atoms with Gasteiger partial charge in [-0.2, -0.15) is 4.98 Å². The van der Waals surface area contributed by atoms with E-state index in [2.05, 4.69) is 30.7 Å². The van der Waals surface area contributed by atoms with Gasteiger partial charge in [0, 0.05) is 31.4 Å². The lowest BCUT2D eigenvalue weighted by Crippen LogP contribution is -2.37. The first kappa shape index (κ1) is 12.7. The zero-order chi connectivity index (χ0) is 14.8. The number of rotatable bonds is 0. The third kappa shape index (κ3) is 1.49. The minimum atomic E-state index is -0.376. The van der Waals surface area contributed by atoms with E-state index in [1.807, 2.05) is 6.20 Å². The van der Waals surface area contributed by atoms with Crippen LogP contribution in [-0.4, -0.2) is 23.5 Å². The quantitative estimate of drug-likeness (QED) is 0.649. The zero-order valence-corrected chi connectivity index (χ0v) is 12.2. The molecule has 0 radical (unpaired) electrons. The van der Waals surface area contributed by atoms with Crippen LogP contribution in [0.15, 0.2) is 15.8 Å². The monoisotopic (exact) mass is 275 g/mol. The molecule has 0 aromatic carbocycles. The van der Waals surface area contributed by atoms with Gasteiger partial charge >= 0.3 is 5.69 Å². The van der Waals surface area contributed by atoms with Crippen LogP contribution in [-0.2, 0) is 19.5 Å². The molecule has 20 heavy (non-hydrogen) atoms. The molecule has 0 saturated carbocycles. The van der Waals surface area contributed by atoms with Crippen molar-refractivity contribution in [3.05, 3.63) is 32.7 Å². The van der Waals surface area contributed by atoms with Crippen LogP contribution in [0, 0.1) is 0 Å². The molecule has 0 atom stereocenters. The van der Waals surface area contributed by atoms with E-state index in [1.54, 1.807) is 11.4 Å². The van der Waals surface area contributed by atoms with Crippen molar-refractivity contribution < 1.29 is 0 Å². The number of aryl methyl sites for hydroxylation is 1. The van der Waals surface area contributed by atoms with E-state index < -0.39 is 0 Å². The Hall–Kier alpha value is -2.31. The van der Waals surface area contributed by atoms with Gasteiger partial charge in [-0.1, -0.05) is 20.8 Å². The van der Waals surface area contributed by atoms with Crippen molar-refractivity contribution in [1.29, 1.82) is 0 Å². The molecule has 0 aliphatic heterocycles. The second-order valence-electron chi connectivity index (χ2n) is 6.10. The second kappa shape index (κ2) is 3.62. The zero-order valence-electron chi connectivity index (χ0n) is 12.2. The normalized spacial score (nSPS) is 12.7. The third-order valence-corrected chi connectivity index (χ3v) is 3.60. The SMILES string of the molecule is Cn1c(=O)c2c(nc3[nH]c(C(C)(C)C)cn32)n(C)c1=O. The number of hydrogen-bond acceptors (Lipinski definition) is 3. The van der Waals surface area contributed by atoms with Crippen LogP contribution in [0.4, 0.5) is 0 Å². The highest BCUT2D eigenvalue weighted by atomic mass is 16.2. The number of aromatic nitrogens is 5. The Bertz CT molecular complexity index is 946. The van der Waals surface area contributed by atoms with Crippen molar-refractivity contribution in [1.82, 2.24) is 23.5 Å². The average Bonchev–Trinajstić information content (AvgIpc) is 2.90. The first-order chi connectivity index (χ1) is 9.21. The summed E-state index contributed by atoms with van der Waals surface area (Å²) in [4.78, 5) is 31.8. The highest BCUT2D eigenvalue weighted by Crippen LogP contribution is 2.22. The molecule has 3 aromatic rings. The lowest BCUT2D eigenvalue weighted by Gasteiger charge is -2.15. The van der Waals surface area contributed by atoms with Gasteiger partial charge in [-0.05, 0) is 0 Å². The molecular formula is C13H17N5O2. The molecule has 7 heteroatoms. The number of fused-ring (bicyclic) bond motifs is 3. The molecule has 0 aliphatic rings. The van der Waals surface area contributed by atoms with Crippen molar-refractivity contribution in [2.75, 3.05) is 0 Å². The molecule has 0 fully saturated rings. The Balaban J connectivity index is 2.53. The molecular weight excluding hydrogens is 258 g/mol. The summed E-state index contributed by atoms with van der Waals surface area (Å²) in [5, 5.41) is 0. The van der Waals surface area contributed by atoms with E-state index in [0.717, 1.165) is 10.3 Å². The van der Waals surface area contributed by atoms with E-state index in [-0.39, 0.29) is 16.7 Å². The topological polar surface area (TPSA) is 77.1 Å². The summed E-state index contributed by atoms with van der Waals surface area (Å²) in [5.74, 6) is 0.572. The molecule has 0 bridgehead atoms. The second-order valence-corrected chi connectivity index (χ2v) is 6.10. The smallest absolute Gasteiger partial charge is 0.327 e. The van der Waals surface area contributed by atoms with Crippen molar-refractivity contribution in [3.8, 4) is 0 Å². The van der Waals surface area contributed by atoms with Crippen molar-refractivity contribution >= 4 is 16.9 Å². The highest BCUT2D eigenvalue weighted by Gasteiger charge is 2.21. The van der Waals surface area contributed by atoms with Crippen molar-refractivity contribution in [2.45, 2.75) is 26.2 Å². The summed E-state index contributed by atoms with van der Waals surface area (Å²) in [6.45, 7) is 6.23. The maximum absolute atomic E-state index is 12.3. The summed E-state index contributed by atoms with van der Waals surface area (Å²) in [6.07, 6.45) is 1.87. The van der Waals surface area contributed by atoms with Crippen LogP contribution < -0.4 is 11.2 Å². The molecule has 1 N–H and O–H groups in total. The Morgan fingerprint density at radius 1 is 1.15 bits per heavy atom. The fourth-order valence-electron chi connectivity index (χ4n) is 2.29. The van der Waals surface area contributed by atoms with Crippen LogP contribution in [0.25, 0.3) is 16.9 Å². The van der Waals surface area contributed by atoms with Gasteiger partial charge in [-0.15, -0.1) is 0 Å². The molecule has 0 amide bonds. The van der Waals surface area contributed by atoms with Gasteiger partial charge in [0.05, 0.1) is 0 Å². The Labute approximate surface area is 114 Å². The van der Waals surface area contributed by atoms with Gasteiger partial charge in [0.15, 0.2) is 11.2 Å². The van der Waals surface area contributed by atoms with Crippen LogP contribution in [0.1, 0.15) is 26.5 Å². The number of H-pyrrole nitrogens is 1. The number of aromatic amines is 1. The van der Waals surface area contributed by atoms with E-state index in [4.69, 9.17) is 0 Å². The first-order valence-electron chi connectivity index (χ1n) is 6.39. The summed E-state index contributed by atoms with van der Waals surface area (Å²) in [6, 6.07) is 0. The molecule has 3 heterocycles. The number of imidazole rings is 2. The summed E-state index contributed by atoms with van der Waals surface area (Å²) in [7, 11) is 3.09. The lowest BCUT2D eigenvalue weighted by atomic mass is 9.93. The molecule has 0 aliphatic carbocycles. The highest BCUT2D eigenvalue weighted by molar-refractivity contribution is 5.75. The summed E-state index contributed by atoms with van der Waals surface area (Å²) < 4.78 is 4.20. The molecule has 0 spiro atoms. The van der Waals surface area contributed by atoms with Gasteiger partial charge in [-0.3, -0.25) is 18.3 Å². The standard InChI is InChI=1S/C13H17N5O2/c1-13(2,3)7-6-18-8-9(15-11(18)14-7)16(4)12(20)17(5)10(8)19/h6H,1-5H3,(H,14,15). The van der Waals surface area contributed by atoms with E-state index >= 15 is 0 Å². The fraction of sp³-hybridized carbons (Fsp3) is 0.462. The number of nitrogens with one attached hydrogen (secondary N) is 1. The van der Waals surface area contributed by atoms with Crippen LogP contribution in [0.3, 0.4) is 0 Å². The van der Waals surface area contributed by atoms with E-state index in [0.29, 0.717) is 16.9 Å². The van der Waals surface area contributed by atoms with Crippen molar-refractivity contribution in [3.63, 3.8) is 0 Å². The third-order valence-electron chi connectivity index (χ3n) is 3.60. The number of hydrogen-bond donors (Lipinski definition) is 1. The number of nitrogens with zero attached hydrogens (tertiary/aromatic N) is 4. The Morgan fingerprint density at radius 3 is 2.40 bits per heavy atom. The largest absolute Gasteiger partial charge is 0.332 e. The van der Waals surface area contributed by atoms with Gasteiger partial charge < -0.3 is 4.98 Å². The first-order valence-corrected chi connectivity index (χ1v) is 6.39. The minimum absolute atomic E-state index is 0.0705. The van der Waals surface area contributed by atoms with E-state index in [1.165, 1.54) is 11.6 Å². The molecule has 106 valence electrons. The predicted molar refractivity (Wildman–Crippen MR) is 76.2 cm³/mol. The average molecular weight is 275 g/mol. The van der Waals surface area contributed by atoms with Crippen LogP contribution >= 0.6 is 0 Å². The molecule has 0 unspecified atom stereocenters. The van der Waals surface area contributed by atoms with Gasteiger partial charge in [0.2, 0.25) is 5.78 Å². The molecule has 3 aromatic heterocycles. The molecule has 7 nitrogen and oxygen atoms in total. The maximum Gasteiger partial charge on any atom is 0.332 e. The van der Waals surface area contributed by atoms with Gasteiger partial charge in [0.1, 0.15) is 0 Å². The summed E-state index contributed by atoms with van der Waals surface area (Å²) in [5.41, 5.74) is 1.01. The van der Waals surface area contributed by atoms with Crippen molar-refractivity contribution in [2.24, 2.45) is 14.1 Å². The maximum atomic E-state index is 12.3. The van der Waals surface area contributed by atoms with Crippen LogP contribution in [0.2, 0.25) is 0 Å². The van der Waals surface area contributed by atoms with Gasteiger partial charge in [-0.25, -0.2) is 4.79 Å². The Kier molecular flexibility index (Phi) is 2.30.